The van der Waals surface area contributed by atoms with Crippen molar-refractivity contribution in [1.82, 2.24) is 0 Å². The van der Waals surface area contributed by atoms with Crippen LogP contribution < -0.4 is 0 Å². The van der Waals surface area contributed by atoms with E-state index in [1.807, 2.05) is 91.9 Å². The van der Waals surface area contributed by atoms with Crippen molar-refractivity contribution in [2.75, 3.05) is 0 Å². The molecule has 4 aromatic carbocycles. The van der Waals surface area contributed by atoms with Crippen molar-refractivity contribution in [2.24, 2.45) is 0 Å². The molecule has 0 aliphatic carbocycles. The Morgan fingerprint density at radius 1 is 0.788 bits per heavy atom. The van der Waals surface area contributed by atoms with E-state index in [-0.39, 0.29) is 0 Å². The fraction of sp³-hybridized carbons (Fsp3) is 0.138. The van der Waals surface area contributed by atoms with Crippen LogP contribution in [0, 0.1) is 6.92 Å². The number of esters is 1. The minimum absolute atomic E-state index is 0.459. The second-order valence-electron chi connectivity index (χ2n) is 8.01. The number of carbonyl (C=O) groups is 1. The summed E-state index contributed by atoms with van der Waals surface area (Å²) in [5.41, 5.74) is 2.71. The van der Waals surface area contributed by atoms with Crippen molar-refractivity contribution in [2.45, 2.75) is 24.0 Å². The van der Waals surface area contributed by atoms with Crippen LogP contribution in [-0.2, 0) is 20.5 Å². The first-order valence-corrected chi connectivity index (χ1v) is 11.9. The molecule has 4 heteroatoms. The Bertz CT molecular complexity index is 1150. The molecule has 0 saturated carbocycles. The number of hydrogen-bond donors (Lipinski definition) is 1. The lowest BCUT2D eigenvalue weighted by atomic mass is 9.85. The first-order chi connectivity index (χ1) is 16.0. The Balaban J connectivity index is 1.78. The zero-order valence-electron chi connectivity index (χ0n) is 18.3. The van der Waals surface area contributed by atoms with Crippen LogP contribution in [0.25, 0.3) is 0 Å². The second kappa shape index (κ2) is 10.2. The van der Waals surface area contributed by atoms with Gasteiger partial charge in [0.15, 0.2) is 6.10 Å². The highest BCUT2D eigenvalue weighted by atomic mass is 79.9. The van der Waals surface area contributed by atoms with Crippen molar-refractivity contribution in [3.8, 4) is 0 Å². The molecule has 4 aromatic rings. The number of aliphatic hydroxyl groups is 1. The first kappa shape index (κ1) is 23.0. The van der Waals surface area contributed by atoms with Crippen molar-refractivity contribution < 1.29 is 14.6 Å². The third-order valence-corrected chi connectivity index (χ3v) is 6.37. The lowest BCUT2D eigenvalue weighted by molar-refractivity contribution is -0.166. The Hall–Kier alpha value is -3.21. The van der Waals surface area contributed by atoms with Gasteiger partial charge in [-0.15, -0.1) is 0 Å². The van der Waals surface area contributed by atoms with Gasteiger partial charge in [-0.05, 0) is 34.7 Å². The number of halogens is 1. The summed E-state index contributed by atoms with van der Waals surface area (Å²) in [4.78, 5) is 13.8. The van der Waals surface area contributed by atoms with Gasteiger partial charge >= 0.3 is 5.97 Å². The van der Waals surface area contributed by atoms with E-state index in [4.69, 9.17) is 4.74 Å². The minimum atomic E-state index is -1.96. The van der Waals surface area contributed by atoms with E-state index in [0.29, 0.717) is 16.5 Å². The van der Waals surface area contributed by atoms with Crippen LogP contribution in [-0.4, -0.2) is 11.1 Å². The molecule has 0 aliphatic heterocycles. The maximum absolute atomic E-state index is 13.8. The molecule has 0 unspecified atom stereocenters. The molecule has 0 aliphatic rings. The lowest BCUT2D eigenvalue weighted by Gasteiger charge is -2.30. The summed E-state index contributed by atoms with van der Waals surface area (Å²) in [6.45, 7) is 1.97. The van der Waals surface area contributed by atoms with Gasteiger partial charge in [0, 0.05) is 5.33 Å². The van der Waals surface area contributed by atoms with E-state index in [9.17, 15) is 9.90 Å². The number of aryl methyl sites for hydroxylation is 1. The van der Waals surface area contributed by atoms with E-state index in [1.54, 1.807) is 24.3 Å². The van der Waals surface area contributed by atoms with Gasteiger partial charge in [-0.25, -0.2) is 4.79 Å². The van der Waals surface area contributed by atoms with Crippen molar-refractivity contribution in [3.05, 3.63) is 143 Å². The minimum Gasteiger partial charge on any atom is -0.450 e. The smallest absolute Gasteiger partial charge is 0.348 e. The van der Waals surface area contributed by atoms with Crippen molar-refractivity contribution in [1.29, 1.82) is 0 Å². The number of ether oxygens (including phenoxy) is 1. The molecule has 4 rings (SSSR count). The summed E-state index contributed by atoms with van der Waals surface area (Å²) in [7, 11) is 0. The van der Waals surface area contributed by atoms with Crippen LogP contribution in [0.5, 0.6) is 0 Å². The second-order valence-corrected chi connectivity index (χ2v) is 8.57. The lowest BCUT2D eigenvalue weighted by Crippen LogP contribution is -2.39. The van der Waals surface area contributed by atoms with Gasteiger partial charge in [-0.1, -0.05) is 131 Å². The molecule has 1 atom stereocenters. The molecular weight excluding hydrogens is 476 g/mol. The number of alkyl halides is 1. The summed E-state index contributed by atoms with van der Waals surface area (Å²) < 4.78 is 6.09. The topological polar surface area (TPSA) is 46.5 Å². The van der Waals surface area contributed by atoms with E-state index in [0.717, 1.165) is 22.3 Å². The average Bonchev–Trinajstić information content (AvgIpc) is 2.88. The van der Waals surface area contributed by atoms with Gasteiger partial charge in [-0.2, -0.15) is 0 Å². The highest BCUT2D eigenvalue weighted by Crippen LogP contribution is 2.35. The molecule has 33 heavy (non-hydrogen) atoms. The van der Waals surface area contributed by atoms with Gasteiger partial charge < -0.3 is 9.84 Å². The molecule has 0 saturated heterocycles. The normalized spacial score (nSPS) is 12.8. The predicted molar refractivity (Wildman–Crippen MR) is 134 cm³/mol. The molecule has 1 N–H and O–H groups in total. The first-order valence-electron chi connectivity index (χ1n) is 10.8. The van der Waals surface area contributed by atoms with E-state index in [2.05, 4.69) is 15.9 Å². The molecule has 0 bridgehead atoms. The molecule has 0 radical (unpaired) electrons. The third-order valence-electron chi connectivity index (χ3n) is 5.72. The summed E-state index contributed by atoms with van der Waals surface area (Å²) in [6.07, 6.45) is -0.654. The largest absolute Gasteiger partial charge is 0.450 e. The Morgan fingerprint density at radius 3 is 1.70 bits per heavy atom. The number of carbonyl (C=O) groups excluding carboxylic acids is 1. The molecule has 3 nitrogen and oxygen atoms in total. The summed E-state index contributed by atoms with van der Waals surface area (Å²) >= 11 is 3.44. The zero-order valence-corrected chi connectivity index (χ0v) is 19.9. The Kier molecular flexibility index (Phi) is 7.07. The highest BCUT2D eigenvalue weighted by molar-refractivity contribution is 9.08. The Labute approximate surface area is 202 Å². The summed E-state index contributed by atoms with van der Waals surface area (Å²) in [5, 5.41) is 12.6. The van der Waals surface area contributed by atoms with Crippen LogP contribution >= 0.6 is 15.9 Å². The van der Waals surface area contributed by atoms with Crippen LogP contribution in [0.4, 0.5) is 0 Å². The average molecular weight is 501 g/mol. The maximum Gasteiger partial charge on any atom is 0.348 e. The fourth-order valence-corrected chi connectivity index (χ4v) is 4.18. The van der Waals surface area contributed by atoms with Crippen LogP contribution in [0.2, 0.25) is 0 Å². The Morgan fingerprint density at radius 2 is 1.24 bits per heavy atom. The molecule has 0 heterocycles. The zero-order chi connectivity index (χ0) is 23.3. The van der Waals surface area contributed by atoms with Gasteiger partial charge in [0.05, 0.1) is 0 Å². The van der Waals surface area contributed by atoms with Gasteiger partial charge in [0.2, 0.25) is 5.60 Å². The van der Waals surface area contributed by atoms with Crippen molar-refractivity contribution >= 4 is 21.9 Å². The number of benzene rings is 4. The highest BCUT2D eigenvalue weighted by Gasteiger charge is 2.43. The fourth-order valence-electron chi connectivity index (χ4n) is 3.81. The third kappa shape index (κ3) is 4.92. The van der Waals surface area contributed by atoms with Gasteiger partial charge in [0.25, 0.3) is 0 Å². The van der Waals surface area contributed by atoms with Gasteiger partial charge in [-0.3, -0.25) is 0 Å². The number of rotatable bonds is 7. The van der Waals surface area contributed by atoms with Gasteiger partial charge in [0.1, 0.15) is 0 Å². The summed E-state index contributed by atoms with van der Waals surface area (Å²) in [6, 6.07) is 33.8. The quantitative estimate of drug-likeness (QED) is 0.234. The standard InChI is InChI=1S/C29H25BrO3/c1-21-12-16-25(17-13-21)29(32,26-18-14-22(20-30)15-19-26)28(31)33-27(23-8-4-2-5-9-23)24-10-6-3-7-11-24/h2-19,27,32H,20H2,1H3/t29-/m0/s1. The monoisotopic (exact) mass is 500 g/mol. The van der Waals surface area contributed by atoms with E-state index in [1.165, 1.54) is 0 Å². The molecule has 0 aromatic heterocycles. The maximum atomic E-state index is 13.8. The van der Waals surface area contributed by atoms with E-state index >= 15 is 0 Å². The van der Waals surface area contributed by atoms with Crippen LogP contribution in [0.15, 0.2) is 109 Å². The van der Waals surface area contributed by atoms with Crippen molar-refractivity contribution in [3.63, 3.8) is 0 Å². The molecule has 166 valence electrons. The molecule has 0 fully saturated rings. The molecular formula is C29H25BrO3. The SMILES string of the molecule is Cc1ccc([C@@](O)(C(=O)OC(c2ccccc2)c2ccccc2)c2ccc(CBr)cc2)cc1. The molecule has 0 spiro atoms. The predicted octanol–water partition coefficient (Wildman–Crippen LogP) is 6.46. The van der Waals surface area contributed by atoms with E-state index < -0.39 is 17.7 Å². The number of hydrogen-bond acceptors (Lipinski definition) is 3. The van der Waals surface area contributed by atoms with Crippen LogP contribution in [0.1, 0.15) is 39.5 Å². The van der Waals surface area contributed by atoms with Crippen LogP contribution in [0.3, 0.4) is 0 Å². The molecule has 0 amide bonds. The summed E-state index contributed by atoms with van der Waals surface area (Å²) in [5.74, 6) is -0.726.